The van der Waals surface area contributed by atoms with E-state index in [1.54, 1.807) is 11.9 Å². The number of hydrazine groups is 1. The molecule has 0 N–H and O–H groups in total. The number of benzene rings is 1. The number of rotatable bonds is 7. The Morgan fingerprint density at radius 1 is 1.05 bits per heavy atom. The van der Waals surface area contributed by atoms with Gasteiger partial charge in [0.15, 0.2) is 0 Å². The van der Waals surface area contributed by atoms with E-state index in [-0.39, 0.29) is 5.91 Å². The average molecular weight is 263 g/mol. The summed E-state index contributed by atoms with van der Waals surface area (Å²) in [5, 5.41) is 3.71. The van der Waals surface area contributed by atoms with Crippen molar-refractivity contribution in [1.82, 2.24) is 9.91 Å². The summed E-state index contributed by atoms with van der Waals surface area (Å²) in [4.78, 5) is 14.0. The SMILES string of the molecule is CCN(CC)CCN(c1ccccc1)N(C)C(C)=O. The van der Waals surface area contributed by atoms with Crippen LogP contribution in [0.4, 0.5) is 5.69 Å². The van der Waals surface area contributed by atoms with E-state index in [1.807, 2.05) is 42.4 Å². The van der Waals surface area contributed by atoms with Crippen LogP contribution >= 0.6 is 0 Å². The molecule has 1 rings (SSSR count). The second-order valence-electron chi connectivity index (χ2n) is 4.53. The highest BCUT2D eigenvalue weighted by Crippen LogP contribution is 2.15. The highest BCUT2D eigenvalue weighted by Gasteiger charge is 2.15. The minimum atomic E-state index is 0.0448. The summed E-state index contributed by atoms with van der Waals surface area (Å²) in [6.07, 6.45) is 0. The van der Waals surface area contributed by atoms with Gasteiger partial charge in [-0.3, -0.25) is 14.8 Å². The van der Waals surface area contributed by atoms with E-state index in [1.165, 1.54) is 0 Å². The van der Waals surface area contributed by atoms with Gasteiger partial charge in [0.05, 0.1) is 12.2 Å². The second-order valence-corrected chi connectivity index (χ2v) is 4.53. The van der Waals surface area contributed by atoms with Crippen LogP contribution < -0.4 is 5.01 Å². The molecule has 0 bridgehead atoms. The Hall–Kier alpha value is -1.55. The average Bonchev–Trinajstić information content (AvgIpc) is 2.44. The van der Waals surface area contributed by atoms with Crippen molar-refractivity contribution in [2.24, 2.45) is 0 Å². The van der Waals surface area contributed by atoms with Crippen molar-refractivity contribution in [3.05, 3.63) is 30.3 Å². The first-order valence-electron chi connectivity index (χ1n) is 6.89. The van der Waals surface area contributed by atoms with Gasteiger partial charge < -0.3 is 4.90 Å². The number of carbonyl (C=O) groups is 1. The predicted molar refractivity (Wildman–Crippen MR) is 80.0 cm³/mol. The van der Waals surface area contributed by atoms with Crippen LogP contribution in [0.25, 0.3) is 0 Å². The number of likely N-dealkylation sites (N-methyl/N-ethyl adjacent to an activating group) is 1. The molecule has 106 valence electrons. The van der Waals surface area contributed by atoms with Crippen LogP contribution in [0.3, 0.4) is 0 Å². The van der Waals surface area contributed by atoms with Crippen LogP contribution in [-0.4, -0.2) is 49.0 Å². The lowest BCUT2D eigenvalue weighted by atomic mass is 10.3. The maximum atomic E-state index is 11.6. The van der Waals surface area contributed by atoms with Crippen LogP contribution in [-0.2, 0) is 4.79 Å². The number of para-hydroxylation sites is 1. The summed E-state index contributed by atoms with van der Waals surface area (Å²) in [6, 6.07) is 10.0. The van der Waals surface area contributed by atoms with Gasteiger partial charge >= 0.3 is 0 Å². The number of amides is 1. The van der Waals surface area contributed by atoms with E-state index in [9.17, 15) is 4.79 Å². The van der Waals surface area contributed by atoms with E-state index in [0.29, 0.717) is 0 Å². The molecule has 4 nitrogen and oxygen atoms in total. The normalized spacial score (nSPS) is 10.6. The van der Waals surface area contributed by atoms with E-state index in [4.69, 9.17) is 0 Å². The molecule has 0 spiro atoms. The zero-order valence-electron chi connectivity index (χ0n) is 12.5. The quantitative estimate of drug-likeness (QED) is 0.706. The van der Waals surface area contributed by atoms with Gasteiger partial charge in [0, 0.05) is 20.5 Å². The van der Waals surface area contributed by atoms with Crippen molar-refractivity contribution >= 4 is 11.6 Å². The molecule has 0 saturated heterocycles. The number of carbonyl (C=O) groups excluding carboxylic acids is 1. The van der Waals surface area contributed by atoms with E-state index in [2.05, 4.69) is 18.7 Å². The van der Waals surface area contributed by atoms with Crippen LogP contribution in [0.1, 0.15) is 20.8 Å². The summed E-state index contributed by atoms with van der Waals surface area (Å²) in [7, 11) is 1.82. The van der Waals surface area contributed by atoms with Crippen molar-refractivity contribution in [2.45, 2.75) is 20.8 Å². The molecule has 0 aliphatic rings. The van der Waals surface area contributed by atoms with E-state index >= 15 is 0 Å². The predicted octanol–water partition coefficient (Wildman–Crippen LogP) is 2.23. The molecule has 1 aromatic carbocycles. The summed E-state index contributed by atoms with van der Waals surface area (Å²) in [5.74, 6) is 0.0448. The highest BCUT2D eigenvalue weighted by atomic mass is 16.2. The van der Waals surface area contributed by atoms with Crippen molar-refractivity contribution in [3.8, 4) is 0 Å². The molecule has 4 heteroatoms. The standard InChI is InChI=1S/C15H25N3O/c1-5-17(6-2)12-13-18(16(4)14(3)19)15-10-8-7-9-11-15/h7-11H,5-6,12-13H2,1-4H3. The Kier molecular flexibility index (Phi) is 6.36. The van der Waals surface area contributed by atoms with Crippen LogP contribution in [0, 0.1) is 0 Å². The molecule has 0 atom stereocenters. The summed E-state index contributed by atoms with van der Waals surface area (Å²) < 4.78 is 0. The van der Waals surface area contributed by atoms with Gasteiger partial charge in [-0.05, 0) is 25.2 Å². The smallest absolute Gasteiger partial charge is 0.237 e. The maximum absolute atomic E-state index is 11.6. The fourth-order valence-corrected chi connectivity index (χ4v) is 2.00. The Balaban J connectivity index is 2.79. The van der Waals surface area contributed by atoms with Crippen molar-refractivity contribution in [2.75, 3.05) is 38.2 Å². The molecule has 0 unspecified atom stereocenters. The Bertz CT molecular complexity index is 376. The summed E-state index contributed by atoms with van der Waals surface area (Å²) in [6.45, 7) is 9.72. The molecular formula is C15H25N3O. The topological polar surface area (TPSA) is 26.8 Å². The summed E-state index contributed by atoms with van der Waals surface area (Å²) in [5.41, 5.74) is 1.05. The monoisotopic (exact) mass is 263 g/mol. The van der Waals surface area contributed by atoms with Gasteiger partial charge in [-0.2, -0.15) is 0 Å². The number of hydrogen-bond donors (Lipinski definition) is 0. The molecule has 0 fully saturated rings. The van der Waals surface area contributed by atoms with E-state index in [0.717, 1.165) is 31.9 Å². The highest BCUT2D eigenvalue weighted by molar-refractivity contribution is 5.75. The van der Waals surface area contributed by atoms with Gasteiger partial charge in [-0.1, -0.05) is 32.0 Å². The first kappa shape index (κ1) is 15.5. The van der Waals surface area contributed by atoms with Crippen LogP contribution in [0.2, 0.25) is 0 Å². The minimum Gasteiger partial charge on any atom is -0.302 e. The van der Waals surface area contributed by atoms with Crippen LogP contribution in [0.15, 0.2) is 30.3 Å². The molecule has 1 amide bonds. The molecule has 1 aromatic rings. The zero-order valence-corrected chi connectivity index (χ0v) is 12.5. The van der Waals surface area contributed by atoms with Crippen molar-refractivity contribution in [1.29, 1.82) is 0 Å². The van der Waals surface area contributed by atoms with Gasteiger partial charge in [0.2, 0.25) is 5.91 Å². The van der Waals surface area contributed by atoms with Gasteiger partial charge in [0.1, 0.15) is 0 Å². The molecule has 0 aromatic heterocycles. The Morgan fingerprint density at radius 2 is 1.63 bits per heavy atom. The molecule has 19 heavy (non-hydrogen) atoms. The fourth-order valence-electron chi connectivity index (χ4n) is 2.00. The maximum Gasteiger partial charge on any atom is 0.237 e. The van der Waals surface area contributed by atoms with Crippen molar-refractivity contribution in [3.63, 3.8) is 0 Å². The first-order chi connectivity index (χ1) is 9.10. The zero-order chi connectivity index (χ0) is 14.3. The van der Waals surface area contributed by atoms with Crippen LogP contribution in [0.5, 0.6) is 0 Å². The molecule has 0 radical (unpaired) electrons. The Labute approximate surface area is 116 Å². The lowest BCUT2D eigenvalue weighted by Crippen LogP contribution is -2.46. The lowest BCUT2D eigenvalue weighted by molar-refractivity contribution is -0.128. The third-order valence-electron chi connectivity index (χ3n) is 3.39. The summed E-state index contributed by atoms with van der Waals surface area (Å²) >= 11 is 0. The minimum absolute atomic E-state index is 0.0448. The van der Waals surface area contributed by atoms with Gasteiger partial charge in [-0.15, -0.1) is 0 Å². The number of nitrogens with zero attached hydrogens (tertiary/aromatic N) is 3. The molecule has 0 aliphatic carbocycles. The number of anilines is 1. The van der Waals surface area contributed by atoms with E-state index < -0.39 is 0 Å². The fraction of sp³-hybridized carbons (Fsp3) is 0.533. The van der Waals surface area contributed by atoms with Gasteiger partial charge in [0.25, 0.3) is 0 Å². The lowest BCUT2D eigenvalue weighted by Gasteiger charge is -2.34. The first-order valence-corrected chi connectivity index (χ1v) is 6.89. The largest absolute Gasteiger partial charge is 0.302 e. The molecule has 0 aliphatic heterocycles. The second kappa shape index (κ2) is 7.79. The molecule has 0 heterocycles. The Morgan fingerprint density at radius 3 is 2.11 bits per heavy atom. The van der Waals surface area contributed by atoms with Gasteiger partial charge in [-0.25, -0.2) is 0 Å². The molecule has 0 saturated carbocycles. The third-order valence-corrected chi connectivity index (χ3v) is 3.39. The third kappa shape index (κ3) is 4.56. The van der Waals surface area contributed by atoms with Crippen molar-refractivity contribution < 1.29 is 4.79 Å². The number of hydrogen-bond acceptors (Lipinski definition) is 3. The molecular weight excluding hydrogens is 238 g/mol.